The van der Waals surface area contributed by atoms with E-state index in [9.17, 15) is 14.4 Å². The van der Waals surface area contributed by atoms with Crippen LogP contribution in [0.4, 0.5) is 9.59 Å². The standard InChI is InChI=1S/C23H36N2O5Si/c1-22(2,3)29-20(27)24-17-15-25(21(28)30-23(4,5)6)19(26)14-18(17)31(7,8)16-12-10-9-11-13-16/h9-13,17-18H,14-15H2,1-8H3,(H,24,27)/t17-,18+/m0/s1. The van der Waals surface area contributed by atoms with Crippen LogP contribution in [-0.4, -0.2) is 54.9 Å². The van der Waals surface area contributed by atoms with Crippen LogP contribution in [0, 0.1) is 0 Å². The first-order valence-corrected chi connectivity index (χ1v) is 13.8. The third-order valence-electron chi connectivity index (χ3n) is 5.32. The van der Waals surface area contributed by atoms with Gasteiger partial charge in [-0.25, -0.2) is 14.5 Å². The van der Waals surface area contributed by atoms with E-state index >= 15 is 0 Å². The molecule has 2 rings (SSSR count). The lowest BCUT2D eigenvalue weighted by atomic mass is 10.0. The largest absolute Gasteiger partial charge is 0.444 e. The molecule has 1 fully saturated rings. The molecule has 1 saturated heterocycles. The Morgan fingerprint density at radius 1 is 1.00 bits per heavy atom. The Morgan fingerprint density at radius 2 is 1.55 bits per heavy atom. The summed E-state index contributed by atoms with van der Waals surface area (Å²) in [7, 11) is -2.19. The second-order valence-corrected chi connectivity index (χ2v) is 15.4. The lowest BCUT2D eigenvalue weighted by molar-refractivity contribution is -0.133. The van der Waals surface area contributed by atoms with Gasteiger partial charge in [0.2, 0.25) is 5.91 Å². The Bertz CT molecular complexity index is 811. The Balaban J connectivity index is 2.34. The van der Waals surface area contributed by atoms with Crippen molar-refractivity contribution in [3.8, 4) is 0 Å². The monoisotopic (exact) mass is 448 g/mol. The SMILES string of the molecule is CC(C)(C)OC(=O)N[C@H]1CN(C(=O)OC(C)(C)C)C(=O)C[C@H]1[Si](C)(C)c1ccccc1. The van der Waals surface area contributed by atoms with Crippen molar-refractivity contribution in [2.75, 3.05) is 6.54 Å². The van der Waals surface area contributed by atoms with E-state index in [1.54, 1.807) is 41.5 Å². The van der Waals surface area contributed by atoms with Crippen LogP contribution in [0.15, 0.2) is 30.3 Å². The molecule has 8 heteroatoms. The highest BCUT2D eigenvalue weighted by molar-refractivity contribution is 6.91. The van der Waals surface area contributed by atoms with Crippen LogP contribution in [-0.2, 0) is 14.3 Å². The number of hydrogen-bond donors (Lipinski definition) is 1. The molecule has 1 aliphatic rings. The summed E-state index contributed by atoms with van der Waals surface area (Å²) in [5.74, 6) is -0.280. The fourth-order valence-electron chi connectivity index (χ4n) is 3.80. The quantitative estimate of drug-likeness (QED) is 0.706. The number of hydrogen-bond acceptors (Lipinski definition) is 5. The van der Waals surface area contributed by atoms with Crippen molar-refractivity contribution < 1.29 is 23.9 Å². The van der Waals surface area contributed by atoms with Crippen LogP contribution in [0.2, 0.25) is 18.6 Å². The van der Waals surface area contributed by atoms with Gasteiger partial charge < -0.3 is 14.8 Å². The maximum atomic E-state index is 13.0. The van der Waals surface area contributed by atoms with Crippen LogP contribution in [0.3, 0.4) is 0 Å². The molecule has 0 saturated carbocycles. The number of nitrogens with zero attached hydrogens (tertiary/aromatic N) is 1. The zero-order chi connectivity index (χ0) is 23.6. The van der Waals surface area contributed by atoms with E-state index < -0.39 is 37.5 Å². The van der Waals surface area contributed by atoms with Gasteiger partial charge in [0.05, 0.1) is 20.7 Å². The zero-order valence-electron chi connectivity index (χ0n) is 19.9. The van der Waals surface area contributed by atoms with Gasteiger partial charge in [-0.1, -0.05) is 48.6 Å². The summed E-state index contributed by atoms with van der Waals surface area (Å²) >= 11 is 0. The highest BCUT2D eigenvalue weighted by Gasteiger charge is 2.47. The Kier molecular flexibility index (Phi) is 7.25. The molecule has 2 atom stereocenters. The third kappa shape index (κ3) is 6.82. The molecule has 0 spiro atoms. The van der Waals surface area contributed by atoms with Crippen molar-refractivity contribution in [1.82, 2.24) is 10.2 Å². The van der Waals surface area contributed by atoms with Crippen molar-refractivity contribution >= 4 is 31.4 Å². The van der Waals surface area contributed by atoms with Gasteiger partial charge >= 0.3 is 12.2 Å². The molecule has 1 aromatic carbocycles. The summed E-state index contributed by atoms with van der Waals surface area (Å²) in [4.78, 5) is 39.3. The normalized spacial score (nSPS) is 20.3. The number of ether oxygens (including phenoxy) is 2. The molecule has 172 valence electrons. The first kappa shape index (κ1) is 24.9. The number of imide groups is 1. The van der Waals surface area contributed by atoms with E-state index in [4.69, 9.17) is 9.47 Å². The number of rotatable bonds is 3. The van der Waals surface area contributed by atoms with Gasteiger partial charge in [-0.3, -0.25) is 4.79 Å². The fraction of sp³-hybridized carbons (Fsp3) is 0.609. The Labute approximate surface area is 186 Å². The molecule has 31 heavy (non-hydrogen) atoms. The molecule has 0 unspecified atom stereocenters. The number of carbonyl (C=O) groups is 3. The zero-order valence-corrected chi connectivity index (χ0v) is 20.9. The lowest BCUT2D eigenvalue weighted by Gasteiger charge is -2.44. The van der Waals surface area contributed by atoms with Crippen molar-refractivity contribution in [1.29, 1.82) is 0 Å². The molecule has 1 aliphatic heterocycles. The minimum Gasteiger partial charge on any atom is -0.444 e. The molecule has 1 aromatic rings. The highest BCUT2D eigenvalue weighted by atomic mass is 28.3. The predicted octanol–water partition coefficient (Wildman–Crippen LogP) is 4.03. The first-order valence-electron chi connectivity index (χ1n) is 10.7. The number of nitrogens with one attached hydrogen (secondary N) is 1. The maximum absolute atomic E-state index is 13.0. The molecule has 0 radical (unpaired) electrons. The van der Waals surface area contributed by atoms with Gasteiger partial charge in [0, 0.05) is 6.42 Å². The maximum Gasteiger partial charge on any atom is 0.417 e. The van der Waals surface area contributed by atoms with Crippen LogP contribution < -0.4 is 10.5 Å². The average Bonchev–Trinajstić information content (AvgIpc) is 2.60. The van der Waals surface area contributed by atoms with Crippen molar-refractivity contribution in [3.63, 3.8) is 0 Å². The Hall–Kier alpha value is -2.35. The van der Waals surface area contributed by atoms with Crippen molar-refractivity contribution in [2.24, 2.45) is 0 Å². The average molecular weight is 449 g/mol. The predicted molar refractivity (Wildman–Crippen MR) is 123 cm³/mol. The molecular weight excluding hydrogens is 412 g/mol. The fourth-order valence-corrected chi connectivity index (χ4v) is 7.16. The minimum atomic E-state index is -2.19. The van der Waals surface area contributed by atoms with Crippen molar-refractivity contribution in [3.05, 3.63) is 30.3 Å². The summed E-state index contributed by atoms with van der Waals surface area (Å²) in [6.07, 6.45) is -1.08. The van der Waals surface area contributed by atoms with E-state index in [0.717, 1.165) is 4.90 Å². The van der Waals surface area contributed by atoms with Crippen LogP contribution in [0.5, 0.6) is 0 Å². The van der Waals surface area contributed by atoms with Crippen LogP contribution >= 0.6 is 0 Å². The summed E-state index contributed by atoms with van der Waals surface area (Å²) in [6.45, 7) is 15.1. The third-order valence-corrected chi connectivity index (χ3v) is 9.60. The summed E-state index contributed by atoms with van der Waals surface area (Å²) < 4.78 is 10.9. The number of amides is 3. The van der Waals surface area contributed by atoms with Crippen molar-refractivity contribution in [2.45, 2.75) is 83.8 Å². The molecular formula is C23H36N2O5Si. The number of alkyl carbamates (subject to hydrolysis) is 1. The van der Waals surface area contributed by atoms with E-state index in [1.165, 1.54) is 5.19 Å². The van der Waals surface area contributed by atoms with Gasteiger partial charge in [-0.15, -0.1) is 0 Å². The van der Waals surface area contributed by atoms with Gasteiger partial charge in [0.1, 0.15) is 11.2 Å². The summed E-state index contributed by atoms with van der Waals surface area (Å²) in [5, 5.41) is 4.13. The second-order valence-electron chi connectivity index (χ2n) is 10.6. The Morgan fingerprint density at radius 3 is 2.06 bits per heavy atom. The van der Waals surface area contributed by atoms with E-state index in [-0.39, 0.29) is 24.4 Å². The van der Waals surface area contributed by atoms with Crippen LogP contribution in [0.1, 0.15) is 48.0 Å². The van der Waals surface area contributed by atoms with E-state index in [0.29, 0.717) is 0 Å². The molecule has 0 aliphatic carbocycles. The van der Waals surface area contributed by atoms with Gasteiger partial charge in [0.15, 0.2) is 0 Å². The van der Waals surface area contributed by atoms with E-state index in [2.05, 4.69) is 30.5 Å². The molecule has 7 nitrogen and oxygen atoms in total. The second kappa shape index (κ2) is 9.02. The van der Waals surface area contributed by atoms with E-state index in [1.807, 2.05) is 18.2 Å². The topological polar surface area (TPSA) is 84.9 Å². The number of piperidine rings is 1. The molecule has 1 N–H and O–H groups in total. The molecule has 0 aromatic heterocycles. The summed E-state index contributed by atoms with van der Waals surface area (Å²) in [5.41, 5.74) is -1.48. The van der Waals surface area contributed by atoms with Gasteiger partial charge in [0.25, 0.3) is 0 Å². The first-order chi connectivity index (χ1) is 14.1. The highest BCUT2D eigenvalue weighted by Crippen LogP contribution is 2.34. The smallest absolute Gasteiger partial charge is 0.417 e. The lowest BCUT2D eigenvalue weighted by Crippen LogP contribution is -2.63. The molecule has 0 bridgehead atoms. The minimum absolute atomic E-state index is 0.0565. The number of benzene rings is 1. The van der Waals surface area contributed by atoms with Crippen LogP contribution in [0.25, 0.3) is 0 Å². The van der Waals surface area contributed by atoms with Gasteiger partial charge in [-0.05, 0) is 47.1 Å². The van der Waals surface area contributed by atoms with Gasteiger partial charge in [-0.2, -0.15) is 0 Å². The number of carbonyl (C=O) groups excluding carboxylic acids is 3. The summed E-state index contributed by atoms with van der Waals surface area (Å²) in [6, 6.07) is 9.64. The molecule has 3 amide bonds. The number of likely N-dealkylation sites (tertiary alicyclic amines) is 1. The molecule has 1 heterocycles.